The van der Waals surface area contributed by atoms with Gasteiger partial charge in [-0.05, 0) is 61.6 Å². The number of carbonyl (C=O) groups is 1. The normalized spacial score (nSPS) is 22.8. The number of rotatable bonds is 7. The van der Waals surface area contributed by atoms with Gasteiger partial charge in [-0.3, -0.25) is 9.69 Å². The number of nitrogens with zero attached hydrogens (tertiary/aromatic N) is 2. The number of hydrogen-bond donors (Lipinski definition) is 1. The number of carbonyl (C=O) groups excluding carboxylic acids is 1. The zero-order chi connectivity index (χ0) is 22.9. The summed E-state index contributed by atoms with van der Waals surface area (Å²) in [6.45, 7) is 3.70. The van der Waals surface area contributed by atoms with Crippen molar-refractivity contribution in [3.05, 3.63) is 46.7 Å². The topological polar surface area (TPSA) is 104 Å². The lowest BCUT2D eigenvalue weighted by atomic mass is 10.1. The highest BCUT2D eigenvalue weighted by atomic mass is 32.2. The van der Waals surface area contributed by atoms with Gasteiger partial charge in [0.15, 0.2) is 0 Å². The van der Waals surface area contributed by atoms with Crippen LogP contribution in [0.1, 0.15) is 37.1 Å². The lowest BCUT2D eigenvalue weighted by Crippen LogP contribution is -2.40. The van der Waals surface area contributed by atoms with Crippen molar-refractivity contribution in [2.24, 2.45) is 5.92 Å². The van der Waals surface area contributed by atoms with Crippen molar-refractivity contribution in [2.45, 2.75) is 37.1 Å². The predicted octanol–water partition coefficient (Wildman–Crippen LogP) is 2.57. The Hall–Kier alpha value is -1.79. The van der Waals surface area contributed by atoms with Crippen molar-refractivity contribution in [1.82, 2.24) is 9.62 Å². The molecule has 32 heavy (non-hydrogen) atoms. The van der Waals surface area contributed by atoms with E-state index in [0.717, 1.165) is 35.1 Å². The maximum atomic E-state index is 12.9. The second-order valence-corrected chi connectivity index (χ2v) is 12.9. The molecule has 0 bridgehead atoms. The zero-order valence-electron chi connectivity index (χ0n) is 17.8. The van der Waals surface area contributed by atoms with Crippen molar-refractivity contribution >= 4 is 43.0 Å². The van der Waals surface area contributed by atoms with Gasteiger partial charge in [0, 0.05) is 11.4 Å². The zero-order valence-corrected chi connectivity index (χ0v) is 20.3. The first kappa shape index (κ1) is 23.4. The van der Waals surface area contributed by atoms with E-state index in [0.29, 0.717) is 0 Å². The van der Waals surface area contributed by atoms with Crippen LogP contribution in [0.3, 0.4) is 0 Å². The smallest absolute Gasteiger partial charge is 0.244 e. The molecule has 11 heteroatoms. The van der Waals surface area contributed by atoms with E-state index < -0.39 is 31.9 Å². The minimum Gasteiger partial charge on any atom is -0.294 e. The highest BCUT2D eigenvalue weighted by molar-refractivity contribution is 7.94. The Morgan fingerprint density at radius 3 is 2.38 bits per heavy atom. The first-order chi connectivity index (χ1) is 15.2. The number of likely N-dealkylation sites (tertiary alicyclic amines) is 1. The van der Waals surface area contributed by atoms with E-state index in [-0.39, 0.29) is 28.9 Å². The lowest BCUT2D eigenvalue weighted by molar-refractivity contribution is -0.119. The summed E-state index contributed by atoms with van der Waals surface area (Å²) >= 11 is 1.62. The van der Waals surface area contributed by atoms with Crippen LogP contribution in [-0.4, -0.2) is 53.0 Å². The van der Waals surface area contributed by atoms with Crippen molar-refractivity contribution in [1.29, 1.82) is 0 Å². The highest BCUT2D eigenvalue weighted by Gasteiger charge is 2.42. The number of benzene rings is 1. The van der Waals surface area contributed by atoms with Crippen LogP contribution in [0.2, 0.25) is 0 Å². The molecule has 1 aromatic heterocycles. The van der Waals surface area contributed by atoms with E-state index in [1.807, 2.05) is 17.5 Å². The van der Waals surface area contributed by atoms with E-state index >= 15 is 0 Å². The molecule has 0 spiro atoms. The molecule has 2 saturated heterocycles. The molecule has 2 aliphatic rings. The van der Waals surface area contributed by atoms with Crippen molar-refractivity contribution in [3.63, 3.8) is 0 Å². The summed E-state index contributed by atoms with van der Waals surface area (Å²) in [5.74, 6) is -1.36. The van der Waals surface area contributed by atoms with Crippen LogP contribution in [-0.2, 0) is 24.8 Å². The van der Waals surface area contributed by atoms with Crippen LogP contribution in [0.25, 0.3) is 0 Å². The summed E-state index contributed by atoms with van der Waals surface area (Å²) < 4.78 is 53.9. The molecule has 4 rings (SSSR count). The minimum atomic E-state index is -3.80. The SMILES string of the molecule is CC1CS(=O)(=O)N(c2ccc(S(=O)(=O)NCC(c3cccs3)N3CCCCC3)cc2)C1=O. The number of piperidine rings is 1. The molecule has 2 aliphatic heterocycles. The summed E-state index contributed by atoms with van der Waals surface area (Å²) in [7, 11) is -7.53. The van der Waals surface area contributed by atoms with E-state index in [9.17, 15) is 21.6 Å². The molecule has 174 valence electrons. The Labute approximate surface area is 193 Å². The van der Waals surface area contributed by atoms with E-state index in [2.05, 4.69) is 9.62 Å². The second kappa shape index (κ2) is 9.22. The number of hydrogen-bond acceptors (Lipinski definition) is 7. The van der Waals surface area contributed by atoms with Gasteiger partial charge in [0.25, 0.3) is 0 Å². The molecular formula is C21H27N3O5S3. The van der Waals surface area contributed by atoms with Gasteiger partial charge in [0.2, 0.25) is 26.0 Å². The van der Waals surface area contributed by atoms with Crippen LogP contribution in [0.5, 0.6) is 0 Å². The van der Waals surface area contributed by atoms with Crippen LogP contribution in [0.4, 0.5) is 5.69 Å². The van der Waals surface area contributed by atoms with Crippen LogP contribution in [0, 0.1) is 5.92 Å². The van der Waals surface area contributed by atoms with E-state index in [4.69, 9.17) is 0 Å². The molecular weight excluding hydrogens is 470 g/mol. The maximum Gasteiger partial charge on any atom is 0.244 e. The average molecular weight is 498 g/mol. The maximum absolute atomic E-state index is 12.9. The van der Waals surface area contributed by atoms with E-state index in [1.165, 1.54) is 30.7 Å². The van der Waals surface area contributed by atoms with Crippen molar-refractivity contribution in [2.75, 3.05) is 29.7 Å². The minimum absolute atomic E-state index is 0.0294. The molecule has 0 radical (unpaired) electrons. The Bertz CT molecular complexity index is 1160. The predicted molar refractivity (Wildman–Crippen MR) is 125 cm³/mol. The number of thiophene rings is 1. The largest absolute Gasteiger partial charge is 0.294 e. The first-order valence-corrected chi connectivity index (χ1v) is 14.6. The van der Waals surface area contributed by atoms with Crippen molar-refractivity contribution in [3.8, 4) is 0 Å². The Balaban J connectivity index is 1.50. The molecule has 8 nitrogen and oxygen atoms in total. The Kier molecular flexibility index (Phi) is 6.73. The monoisotopic (exact) mass is 497 g/mol. The van der Waals surface area contributed by atoms with Crippen molar-refractivity contribution < 1.29 is 21.6 Å². The first-order valence-electron chi connectivity index (χ1n) is 10.6. The van der Waals surface area contributed by atoms with Gasteiger partial charge in [-0.25, -0.2) is 25.9 Å². The molecule has 2 fully saturated rings. The third-order valence-electron chi connectivity index (χ3n) is 5.91. The summed E-state index contributed by atoms with van der Waals surface area (Å²) in [6.07, 6.45) is 3.40. The Morgan fingerprint density at radius 1 is 1.12 bits per heavy atom. The highest BCUT2D eigenvalue weighted by Crippen LogP contribution is 2.30. The fraction of sp³-hybridized carbons (Fsp3) is 0.476. The molecule has 0 saturated carbocycles. The van der Waals surface area contributed by atoms with Gasteiger partial charge < -0.3 is 0 Å². The van der Waals surface area contributed by atoms with Gasteiger partial charge in [0.05, 0.1) is 28.3 Å². The van der Waals surface area contributed by atoms with Crippen LogP contribution < -0.4 is 9.03 Å². The van der Waals surface area contributed by atoms with Crippen LogP contribution in [0.15, 0.2) is 46.7 Å². The number of nitrogens with one attached hydrogen (secondary N) is 1. The molecule has 1 aromatic carbocycles. The second-order valence-electron chi connectivity index (χ2n) is 8.26. The molecule has 3 heterocycles. The fourth-order valence-electron chi connectivity index (χ4n) is 4.24. The van der Waals surface area contributed by atoms with Gasteiger partial charge >= 0.3 is 0 Å². The lowest BCUT2D eigenvalue weighted by Gasteiger charge is -2.34. The number of anilines is 1. The molecule has 2 atom stereocenters. The molecule has 1 amide bonds. The molecule has 2 aromatic rings. The standard InChI is InChI=1S/C21H27N3O5S3/c1-16-15-31(26,27)24(21(16)25)17-7-9-18(10-8-17)32(28,29)22-14-19(20-6-5-13-30-20)23-11-3-2-4-12-23/h5-10,13,16,19,22H,2-4,11-12,14-15H2,1H3. The summed E-state index contributed by atoms with van der Waals surface area (Å²) in [6, 6.07) is 9.38. The Morgan fingerprint density at radius 2 is 1.81 bits per heavy atom. The molecule has 1 N–H and O–H groups in total. The fourth-order valence-corrected chi connectivity index (χ4v) is 7.96. The third-order valence-corrected chi connectivity index (χ3v) is 10.2. The number of sulfonamides is 2. The average Bonchev–Trinajstić information content (AvgIpc) is 3.35. The van der Waals surface area contributed by atoms with Gasteiger partial charge in [-0.2, -0.15) is 0 Å². The summed E-state index contributed by atoms with van der Waals surface area (Å²) in [4.78, 5) is 15.7. The van der Waals surface area contributed by atoms with Gasteiger partial charge in [-0.15, -0.1) is 11.3 Å². The summed E-state index contributed by atoms with van der Waals surface area (Å²) in [5, 5.41) is 1.99. The van der Waals surface area contributed by atoms with Gasteiger partial charge in [-0.1, -0.05) is 19.4 Å². The molecule has 2 unspecified atom stereocenters. The third kappa shape index (κ3) is 4.76. The number of amides is 1. The molecule has 0 aliphatic carbocycles. The van der Waals surface area contributed by atoms with Gasteiger partial charge in [0.1, 0.15) is 0 Å². The summed E-state index contributed by atoms with van der Waals surface area (Å²) in [5.41, 5.74) is 0.156. The van der Waals surface area contributed by atoms with E-state index in [1.54, 1.807) is 18.3 Å². The van der Waals surface area contributed by atoms with Crippen LogP contribution >= 0.6 is 11.3 Å². The quantitative estimate of drug-likeness (QED) is 0.631.